The lowest BCUT2D eigenvalue weighted by Gasteiger charge is -2.32. The number of carboxylic acids is 1. The van der Waals surface area contributed by atoms with Crippen LogP contribution in [0.25, 0.3) is 0 Å². The molecule has 17 heteroatoms. The number of primary amides is 1. The van der Waals surface area contributed by atoms with E-state index >= 15 is 0 Å². The van der Waals surface area contributed by atoms with Crippen LogP contribution in [0, 0.1) is 17.8 Å². The van der Waals surface area contributed by atoms with E-state index in [-0.39, 0.29) is 50.0 Å². The number of hydrogen-bond donors (Lipinski definition) is 7. The van der Waals surface area contributed by atoms with E-state index in [1.807, 2.05) is 27.7 Å². The Morgan fingerprint density at radius 3 is 1.52 bits per heavy atom. The number of aliphatic carboxylic acids is 1. The number of rotatable bonds is 19. The van der Waals surface area contributed by atoms with Gasteiger partial charge < -0.3 is 47.6 Å². The largest absolute Gasteiger partial charge is 0.480 e. The van der Waals surface area contributed by atoms with Gasteiger partial charge in [-0.15, -0.1) is 0 Å². The molecule has 2 aliphatic heterocycles. The molecule has 0 spiro atoms. The zero-order valence-electron chi connectivity index (χ0n) is 31.6. The van der Waals surface area contributed by atoms with Crippen LogP contribution in [0.1, 0.15) is 99.8 Å². The molecular formula is C35H60N8O9. The van der Waals surface area contributed by atoms with Gasteiger partial charge in [-0.2, -0.15) is 0 Å². The van der Waals surface area contributed by atoms with Crippen LogP contribution in [0.4, 0.5) is 0 Å². The SMILES string of the molecule is CC(C)C[C@H](NC(=O)[C@H](C)NC(=O)[C@@H]1CCCN1C(=O)[C@H](CC(C)C)NC(=O)[C@@H](N)C(C)C)C(=O)N1CCC[C@H]1C(=O)N[C@@H](CCC(N)=O)C(=O)O. The van der Waals surface area contributed by atoms with Crippen molar-refractivity contribution in [3.8, 4) is 0 Å². The molecule has 2 rings (SSSR count). The molecule has 2 fully saturated rings. The molecule has 17 nitrogen and oxygen atoms in total. The second kappa shape index (κ2) is 20.1. The van der Waals surface area contributed by atoms with Gasteiger partial charge in [-0.05, 0) is 69.6 Å². The van der Waals surface area contributed by atoms with Crippen molar-refractivity contribution >= 4 is 47.3 Å². The third kappa shape index (κ3) is 12.7. The first kappa shape index (κ1) is 43.9. The second-order valence-electron chi connectivity index (χ2n) is 15.2. The Hall–Kier alpha value is -4.28. The number of likely N-dealkylation sites (tertiary alicyclic amines) is 2. The number of amides is 7. The molecule has 7 atom stereocenters. The van der Waals surface area contributed by atoms with E-state index in [0.717, 1.165) is 0 Å². The summed E-state index contributed by atoms with van der Waals surface area (Å²) >= 11 is 0. The molecule has 2 saturated heterocycles. The molecule has 9 N–H and O–H groups in total. The van der Waals surface area contributed by atoms with E-state index in [1.165, 1.54) is 16.7 Å². The Labute approximate surface area is 306 Å². The van der Waals surface area contributed by atoms with Crippen molar-refractivity contribution in [3.05, 3.63) is 0 Å². The van der Waals surface area contributed by atoms with E-state index in [4.69, 9.17) is 11.5 Å². The van der Waals surface area contributed by atoms with E-state index in [2.05, 4.69) is 21.3 Å². The Balaban J connectivity index is 2.13. The van der Waals surface area contributed by atoms with Crippen LogP contribution < -0.4 is 32.7 Å². The molecule has 0 saturated carbocycles. The van der Waals surface area contributed by atoms with E-state index < -0.39 is 89.6 Å². The predicted octanol–water partition coefficient (Wildman–Crippen LogP) is -0.647. The zero-order valence-corrected chi connectivity index (χ0v) is 31.6. The summed E-state index contributed by atoms with van der Waals surface area (Å²) in [4.78, 5) is 106. The monoisotopic (exact) mass is 736 g/mol. The minimum absolute atomic E-state index is 0.0494. The minimum atomic E-state index is -1.37. The standard InChI is InChI=1S/C35H60N8O9/c1-18(2)16-23(33(49)43-15-9-11-26(43)31(47)39-22(35(51)52)12-13-27(36)44)40-29(45)21(7)38-30(46)25-10-8-14-42(25)34(50)24(17-19(3)4)41-32(48)28(37)20(5)6/h18-26,28H,8-17,37H2,1-7H3,(H2,36,44)(H,38,46)(H,39,47)(H,40,45)(H,41,48)(H,51,52)/t21-,22-,23-,24-,25-,26-,28-/m0/s1. The van der Waals surface area contributed by atoms with Crippen LogP contribution in [0.2, 0.25) is 0 Å². The highest BCUT2D eigenvalue weighted by atomic mass is 16.4. The van der Waals surface area contributed by atoms with Gasteiger partial charge in [-0.25, -0.2) is 4.79 Å². The molecule has 0 aromatic carbocycles. The lowest BCUT2D eigenvalue weighted by molar-refractivity contribution is -0.145. The summed E-state index contributed by atoms with van der Waals surface area (Å²) in [6.45, 7) is 13.1. The maximum Gasteiger partial charge on any atom is 0.326 e. The molecule has 0 aromatic heterocycles. The average molecular weight is 737 g/mol. The van der Waals surface area contributed by atoms with Crippen molar-refractivity contribution in [1.29, 1.82) is 0 Å². The lowest BCUT2D eigenvalue weighted by Crippen LogP contribution is -2.59. The van der Waals surface area contributed by atoms with Gasteiger partial charge in [0.15, 0.2) is 0 Å². The summed E-state index contributed by atoms with van der Waals surface area (Å²) in [5.74, 6) is -5.44. The second-order valence-corrected chi connectivity index (χ2v) is 15.2. The molecule has 2 heterocycles. The summed E-state index contributed by atoms with van der Waals surface area (Å²) < 4.78 is 0. The molecular weight excluding hydrogens is 676 g/mol. The van der Waals surface area contributed by atoms with Crippen molar-refractivity contribution in [2.45, 2.75) is 142 Å². The van der Waals surface area contributed by atoms with Crippen molar-refractivity contribution in [2.75, 3.05) is 13.1 Å². The van der Waals surface area contributed by atoms with Crippen LogP contribution in [0.15, 0.2) is 0 Å². The quantitative estimate of drug-likeness (QED) is 0.0882. The molecule has 0 radical (unpaired) electrons. The average Bonchev–Trinajstić information content (AvgIpc) is 3.75. The maximum atomic E-state index is 13.8. The van der Waals surface area contributed by atoms with Gasteiger partial charge in [-0.1, -0.05) is 41.5 Å². The summed E-state index contributed by atoms with van der Waals surface area (Å²) in [6, 6.07) is -7.05. The van der Waals surface area contributed by atoms with Crippen LogP contribution in [0.5, 0.6) is 0 Å². The Bertz CT molecular complexity index is 1320. The summed E-state index contributed by atoms with van der Waals surface area (Å²) in [5.41, 5.74) is 11.2. The number of nitrogens with two attached hydrogens (primary N) is 2. The molecule has 52 heavy (non-hydrogen) atoms. The lowest BCUT2D eigenvalue weighted by atomic mass is 10.00. The van der Waals surface area contributed by atoms with Gasteiger partial charge >= 0.3 is 5.97 Å². The number of carbonyl (C=O) groups excluding carboxylic acids is 7. The van der Waals surface area contributed by atoms with Crippen LogP contribution in [-0.4, -0.2) is 118 Å². The van der Waals surface area contributed by atoms with Gasteiger partial charge in [0.1, 0.15) is 36.3 Å². The first-order valence-electron chi connectivity index (χ1n) is 18.3. The summed E-state index contributed by atoms with van der Waals surface area (Å²) in [7, 11) is 0. The smallest absolute Gasteiger partial charge is 0.326 e. The van der Waals surface area contributed by atoms with Crippen LogP contribution >= 0.6 is 0 Å². The predicted molar refractivity (Wildman–Crippen MR) is 191 cm³/mol. The fourth-order valence-corrected chi connectivity index (χ4v) is 6.45. The normalized spacial score (nSPS) is 20.2. The van der Waals surface area contributed by atoms with Gasteiger partial charge in [0, 0.05) is 19.5 Å². The topological polar surface area (TPSA) is 263 Å². The third-order valence-electron chi connectivity index (χ3n) is 9.39. The first-order valence-corrected chi connectivity index (χ1v) is 18.3. The molecule has 7 amide bonds. The Morgan fingerprint density at radius 1 is 0.673 bits per heavy atom. The number of nitrogens with one attached hydrogen (secondary N) is 4. The highest BCUT2D eigenvalue weighted by Gasteiger charge is 2.41. The number of nitrogens with zero attached hydrogens (tertiary/aromatic N) is 2. The third-order valence-corrected chi connectivity index (χ3v) is 9.39. The first-order chi connectivity index (χ1) is 24.2. The molecule has 0 unspecified atom stereocenters. The van der Waals surface area contributed by atoms with Crippen molar-refractivity contribution in [1.82, 2.24) is 31.1 Å². The zero-order chi connectivity index (χ0) is 39.4. The molecule has 294 valence electrons. The van der Waals surface area contributed by atoms with Gasteiger partial charge in [0.25, 0.3) is 0 Å². The van der Waals surface area contributed by atoms with Crippen molar-refractivity contribution < 1.29 is 43.5 Å². The van der Waals surface area contributed by atoms with Gasteiger partial charge in [0.05, 0.1) is 6.04 Å². The fourth-order valence-electron chi connectivity index (χ4n) is 6.45. The van der Waals surface area contributed by atoms with Crippen molar-refractivity contribution in [2.24, 2.45) is 29.2 Å². The Morgan fingerprint density at radius 2 is 1.12 bits per heavy atom. The van der Waals surface area contributed by atoms with Crippen LogP contribution in [0.3, 0.4) is 0 Å². The number of hydrogen-bond acceptors (Lipinski definition) is 9. The number of carbonyl (C=O) groups is 8. The molecule has 0 aromatic rings. The van der Waals surface area contributed by atoms with E-state index in [9.17, 15) is 43.5 Å². The van der Waals surface area contributed by atoms with E-state index in [1.54, 1.807) is 13.8 Å². The fraction of sp³-hybridized carbons (Fsp3) is 0.771. The minimum Gasteiger partial charge on any atom is -0.480 e. The highest BCUT2D eigenvalue weighted by Crippen LogP contribution is 2.23. The molecule has 2 aliphatic rings. The van der Waals surface area contributed by atoms with Gasteiger partial charge in [0.2, 0.25) is 41.4 Å². The summed E-state index contributed by atoms with van der Waals surface area (Å²) in [5, 5.41) is 20.1. The molecule has 0 bridgehead atoms. The highest BCUT2D eigenvalue weighted by molar-refractivity contribution is 5.97. The van der Waals surface area contributed by atoms with Gasteiger partial charge in [-0.3, -0.25) is 33.6 Å². The van der Waals surface area contributed by atoms with Crippen LogP contribution in [-0.2, 0) is 38.4 Å². The van der Waals surface area contributed by atoms with Crippen molar-refractivity contribution in [3.63, 3.8) is 0 Å². The summed E-state index contributed by atoms with van der Waals surface area (Å²) in [6.07, 6.45) is 1.77. The maximum absolute atomic E-state index is 13.8. The van der Waals surface area contributed by atoms with E-state index in [0.29, 0.717) is 32.2 Å². The number of carboxylic acid groups (broad SMARTS) is 1. The molecule has 0 aliphatic carbocycles. The Kier molecular flexibility index (Phi) is 17.0.